The van der Waals surface area contributed by atoms with E-state index in [4.69, 9.17) is 0 Å². The average molecular weight is 389 g/mol. The van der Waals surface area contributed by atoms with Gasteiger partial charge in [0.25, 0.3) is 10.2 Å². The number of nitrogens with zero attached hydrogens (tertiary/aromatic N) is 3. The predicted molar refractivity (Wildman–Crippen MR) is 104 cm³/mol. The van der Waals surface area contributed by atoms with Crippen LogP contribution in [0.1, 0.15) is 39.5 Å². The lowest BCUT2D eigenvalue weighted by Gasteiger charge is -2.35. The molecule has 2 saturated heterocycles. The van der Waals surface area contributed by atoms with Crippen molar-refractivity contribution in [3.05, 3.63) is 0 Å². The molecule has 1 amide bonds. The van der Waals surface area contributed by atoms with Gasteiger partial charge in [-0.3, -0.25) is 4.79 Å². The molecule has 0 aromatic carbocycles. The van der Waals surface area contributed by atoms with Crippen molar-refractivity contribution in [2.75, 3.05) is 53.4 Å². The van der Waals surface area contributed by atoms with Gasteiger partial charge in [-0.2, -0.15) is 17.0 Å². The van der Waals surface area contributed by atoms with Gasteiger partial charge in [-0.15, -0.1) is 0 Å². The molecular formula is C18H36N4O3S. The van der Waals surface area contributed by atoms with Crippen LogP contribution in [-0.2, 0) is 15.0 Å². The van der Waals surface area contributed by atoms with Gasteiger partial charge in [0.2, 0.25) is 5.91 Å². The molecule has 0 aromatic heterocycles. The van der Waals surface area contributed by atoms with Gasteiger partial charge in [-0.05, 0) is 44.1 Å². The number of amides is 1. The molecule has 8 heteroatoms. The van der Waals surface area contributed by atoms with Crippen molar-refractivity contribution in [2.45, 2.75) is 39.5 Å². The molecule has 2 aliphatic heterocycles. The molecule has 0 spiro atoms. The van der Waals surface area contributed by atoms with Crippen molar-refractivity contribution < 1.29 is 13.2 Å². The van der Waals surface area contributed by atoms with E-state index in [-0.39, 0.29) is 18.4 Å². The van der Waals surface area contributed by atoms with Crippen molar-refractivity contribution in [1.82, 2.24) is 18.8 Å². The summed E-state index contributed by atoms with van der Waals surface area (Å²) in [5.74, 6) is 1.25. The van der Waals surface area contributed by atoms with Gasteiger partial charge >= 0.3 is 0 Å². The Balaban J connectivity index is 1.72. The number of nitrogens with one attached hydrogen (secondary N) is 1. The third-order valence-electron chi connectivity index (χ3n) is 5.44. The summed E-state index contributed by atoms with van der Waals surface area (Å²) in [6.07, 6.45) is 3.74. The van der Waals surface area contributed by atoms with Crippen molar-refractivity contribution in [3.63, 3.8) is 0 Å². The lowest BCUT2D eigenvalue weighted by molar-refractivity contribution is -0.126. The van der Waals surface area contributed by atoms with Crippen molar-refractivity contribution in [3.8, 4) is 0 Å². The monoisotopic (exact) mass is 388 g/mol. The lowest BCUT2D eigenvalue weighted by atomic mass is 9.92. The van der Waals surface area contributed by atoms with Crippen LogP contribution >= 0.6 is 0 Å². The molecule has 2 heterocycles. The van der Waals surface area contributed by atoms with E-state index in [1.807, 2.05) is 0 Å². The zero-order chi connectivity index (χ0) is 19.3. The highest BCUT2D eigenvalue weighted by Gasteiger charge is 2.33. The molecular weight excluding hydrogens is 352 g/mol. The van der Waals surface area contributed by atoms with Gasteiger partial charge in [0.05, 0.1) is 5.92 Å². The summed E-state index contributed by atoms with van der Waals surface area (Å²) in [6.45, 7) is 9.37. The maximum atomic E-state index is 12.4. The third kappa shape index (κ3) is 5.90. The highest BCUT2D eigenvalue weighted by molar-refractivity contribution is 7.86. The molecule has 0 radical (unpaired) electrons. The Bertz CT molecular complexity index is 557. The fourth-order valence-corrected chi connectivity index (χ4v) is 5.42. The number of likely N-dealkylation sites (tertiary alicyclic amines) is 1. The Hall–Kier alpha value is -0.700. The average Bonchev–Trinajstić information content (AvgIpc) is 2.57. The topological polar surface area (TPSA) is 73.0 Å². The normalized spacial score (nSPS) is 29.0. The Morgan fingerprint density at radius 3 is 2.42 bits per heavy atom. The first-order chi connectivity index (χ1) is 12.2. The summed E-state index contributed by atoms with van der Waals surface area (Å²) in [4.78, 5) is 14.9. The second-order valence-electron chi connectivity index (χ2n) is 8.34. The summed E-state index contributed by atoms with van der Waals surface area (Å²) in [7, 11) is -0.378. The highest BCUT2D eigenvalue weighted by atomic mass is 32.2. The lowest BCUT2D eigenvalue weighted by Crippen LogP contribution is -2.49. The second kappa shape index (κ2) is 9.48. The molecule has 2 fully saturated rings. The zero-order valence-corrected chi connectivity index (χ0v) is 17.6. The molecule has 152 valence electrons. The van der Waals surface area contributed by atoms with Crippen LogP contribution in [-0.4, -0.2) is 81.2 Å². The molecule has 3 atom stereocenters. The van der Waals surface area contributed by atoms with E-state index < -0.39 is 10.2 Å². The summed E-state index contributed by atoms with van der Waals surface area (Å²) in [5.41, 5.74) is 0. The van der Waals surface area contributed by atoms with Gasteiger partial charge in [-0.25, -0.2) is 0 Å². The molecule has 2 aliphatic rings. The largest absolute Gasteiger partial charge is 0.356 e. The van der Waals surface area contributed by atoms with Crippen LogP contribution in [0.5, 0.6) is 0 Å². The summed E-state index contributed by atoms with van der Waals surface area (Å²) in [6, 6.07) is 0. The number of carbonyl (C=O) groups excluding carboxylic acids is 1. The molecule has 0 aliphatic carbocycles. The molecule has 0 bridgehead atoms. The number of hydrogen-bond donors (Lipinski definition) is 1. The second-order valence-corrected chi connectivity index (χ2v) is 10.5. The minimum absolute atomic E-state index is 0.0102. The molecule has 0 saturated carbocycles. The number of carbonyl (C=O) groups is 1. The van der Waals surface area contributed by atoms with Crippen LogP contribution in [0.3, 0.4) is 0 Å². The van der Waals surface area contributed by atoms with Crippen molar-refractivity contribution >= 4 is 16.1 Å². The first-order valence-corrected chi connectivity index (χ1v) is 11.3. The maximum absolute atomic E-state index is 12.4. The molecule has 26 heavy (non-hydrogen) atoms. The van der Waals surface area contributed by atoms with E-state index in [1.54, 1.807) is 0 Å². The minimum Gasteiger partial charge on any atom is -0.356 e. The van der Waals surface area contributed by atoms with Crippen molar-refractivity contribution in [2.24, 2.45) is 17.8 Å². The smallest absolute Gasteiger partial charge is 0.281 e. The standard InChI is InChI=1S/C18H36N4O3S/c1-15-11-16(2)13-21(12-15)9-6-8-19-18(23)17-7-5-10-22(14-17)26(24,25)20(3)4/h15-17H,5-14H2,1-4H3,(H,19,23)/t15-,16+,17-/m0/s1. The number of piperidine rings is 2. The van der Waals surface area contributed by atoms with Crippen LogP contribution in [0, 0.1) is 17.8 Å². The zero-order valence-electron chi connectivity index (χ0n) is 16.8. The van der Waals surface area contributed by atoms with Crippen LogP contribution in [0.2, 0.25) is 0 Å². The van der Waals surface area contributed by atoms with E-state index >= 15 is 0 Å². The van der Waals surface area contributed by atoms with E-state index in [0.29, 0.717) is 13.1 Å². The fraction of sp³-hybridized carbons (Fsp3) is 0.944. The van der Waals surface area contributed by atoms with Gasteiger partial charge in [-0.1, -0.05) is 13.8 Å². The van der Waals surface area contributed by atoms with E-state index in [2.05, 4.69) is 24.1 Å². The Morgan fingerprint density at radius 1 is 1.15 bits per heavy atom. The van der Waals surface area contributed by atoms with Crippen LogP contribution in [0.15, 0.2) is 0 Å². The van der Waals surface area contributed by atoms with Crippen molar-refractivity contribution in [1.29, 1.82) is 0 Å². The van der Waals surface area contributed by atoms with Crippen LogP contribution < -0.4 is 5.32 Å². The first-order valence-electron chi connectivity index (χ1n) is 9.87. The summed E-state index contributed by atoms with van der Waals surface area (Å²) in [5, 5.41) is 3.01. The third-order valence-corrected chi connectivity index (χ3v) is 7.34. The predicted octanol–water partition coefficient (Wildman–Crippen LogP) is 0.989. The molecule has 0 aromatic rings. The van der Waals surface area contributed by atoms with Gasteiger partial charge in [0, 0.05) is 46.8 Å². The summed E-state index contributed by atoms with van der Waals surface area (Å²) >= 11 is 0. The molecule has 7 nitrogen and oxygen atoms in total. The fourth-order valence-electron chi connectivity index (χ4n) is 4.23. The van der Waals surface area contributed by atoms with Gasteiger partial charge in [0.15, 0.2) is 0 Å². The van der Waals surface area contributed by atoms with E-state index in [1.165, 1.54) is 29.1 Å². The van der Waals surface area contributed by atoms with E-state index in [9.17, 15) is 13.2 Å². The SMILES string of the molecule is C[C@@H]1C[C@H](C)CN(CCCNC(=O)[C@H]2CCCN(S(=O)(=O)N(C)C)C2)C1. The quantitative estimate of drug-likeness (QED) is 0.660. The van der Waals surface area contributed by atoms with Crippen LogP contribution in [0.25, 0.3) is 0 Å². The highest BCUT2D eigenvalue weighted by Crippen LogP contribution is 2.21. The molecule has 1 N–H and O–H groups in total. The Kier molecular flexibility index (Phi) is 7.88. The van der Waals surface area contributed by atoms with Crippen LogP contribution in [0.4, 0.5) is 0 Å². The Morgan fingerprint density at radius 2 is 1.81 bits per heavy atom. The maximum Gasteiger partial charge on any atom is 0.281 e. The minimum atomic E-state index is -3.44. The summed E-state index contributed by atoms with van der Waals surface area (Å²) < 4.78 is 27.2. The molecule has 0 unspecified atom stereocenters. The van der Waals surface area contributed by atoms with Gasteiger partial charge < -0.3 is 10.2 Å². The van der Waals surface area contributed by atoms with Gasteiger partial charge in [0.1, 0.15) is 0 Å². The Labute approximate surface area is 159 Å². The number of rotatable bonds is 7. The first kappa shape index (κ1) is 21.6. The molecule has 2 rings (SSSR count). The number of hydrogen-bond acceptors (Lipinski definition) is 4. The van der Waals surface area contributed by atoms with E-state index in [0.717, 1.165) is 50.7 Å².